The zero-order valence-corrected chi connectivity index (χ0v) is 19.6. The van der Waals surface area contributed by atoms with Gasteiger partial charge in [0.2, 0.25) is 0 Å². The number of esters is 1. The van der Waals surface area contributed by atoms with Gasteiger partial charge < -0.3 is 19.1 Å². The predicted molar refractivity (Wildman–Crippen MR) is 123 cm³/mol. The molecule has 1 unspecified atom stereocenters. The van der Waals surface area contributed by atoms with Crippen molar-refractivity contribution < 1.29 is 19.4 Å². The van der Waals surface area contributed by atoms with Crippen molar-refractivity contribution in [1.82, 2.24) is 9.47 Å². The van der Waals surface area contributed by atoms with Crippen LogP contribution in [0.25, 0.3) is 0 Å². The van der Waals surface area contributed by atoms with E-state index in [0.717, 1.165) is 5.56 Å². The number of carbonyl (C=O) groups is 1. The SMILES string of the molecule is CCOC(=O)C1CCN(C(c2ccc(Cl)cc2)c2c(O)cc(C)n(CCOC)c2=O)CC1. The lowest BCUT2D eigenvalue weighted by molar-refractivity contribution is -0.149. The van der Waals surface area contributed by atoms with E-state index in [1.165, 1.54) is 0 Å². The summed E-state index contributed by atoms with van der Waals surface area (Å²) in [6.07, 6.45) is 1.26. The summed E-state index contributed by atoms with van der Waals surface area (Å²) < 4.78 is 12.0. The number of pyridine rings is 1. The molecule has 174 valence electrons. The van der Waals surface area contributed by atoms with Crippen LogP contribution in [0.1, 0.15) is 42.6 Å². The summed E-state index contributed by atoms with van der Waals surface area (Å²) in [6.45, 7) is 5.95. The number of hydrogen-bond donors (Lipinski definition) is 1. The van der Waals surface area contributed by atoms with Crippen LogP contribution in [-0.2, 0) is 20.8 Å². The summed E-state index contributed by atoms with van der Waals surface area (Å²) in [5, 5.41) is 11.5. The number of methoxy groups -OCH3 is 1. The normalized spacial score (nSPS) is 16.1. The van der Waals surface area contributed by atoms with Gasteiger partial charge in [0, 0.05) is 24.4 Å². The van der Waals surface area contributed by atoms with Gasteiger partial charge in [-0.15, -0.1) is 0 Å². The third kappa shape index (κ3) is 5.34. The highest BCUT2D eigenvalue weighted by Gasteiger charge is 2.34. The van der Waals surface area contributed by atoms with Crippen molar-refractivity contribution >= 4 is 17.6 Å². The molecule has 0 spiro atoms. The molecule has 2 aromatic rings. The molecule has 1 saturated heterocycles. The number of benzene rings is 1. The van der Waals surface area contributed by atoms with Crippen molar-refractivity contribution in [2.75, 3.05) is 33.4 Å². The minimum atomic E-state index is -0.461. The van der Waals surface area contributed by atoms with Crippen molar-refractivity contribution in [3.8, 4) is 5.75 Å². The summed E-state index contributed by atoms with van der Waals surface area (Å²) in [7, 11) is 1.59. The average Bonchev–Trinajstić information content (AvgIpc) is 2.77. The maximum atomic E-state index is 13.5. The van der Waals surface area contributed by atoms with Gasteiger partial charge in [-0.05, 0) is 63.5 Å². The van der Waals surface area contributed by atoms with Crippen molar-refractivity contribution in [3.63, 3.8) is 0 Å². The van der Waals surface area contributed by atoms with E-state index in [1.54, 1.807) is 43.7 Å². The monoisotopic (exact) mass is 462 g/mol. The van der Waals surface area contributed by atoms with E-state index in [1.807, 2.05) is 12.1 Å². The van der Waals surface area contributed by atoms with Gasteiger partial charge in [0.15, 0.2) is 0 Å². The maximum absolute atomic E-state index is 13.5. The van der Waals surface area contributed by atoms with Crippen LogP contribution in [0.5, 0.6) is 5.75 Å². The molecule has 1 aliphatic heterocycles. The largest absolute Gasteiger partial charge is 0.507 e. The third-order valence-corrected chi connectivity index (χ3v) is 6.27. The minimum Gasteiger partial charge on any atom is -0.507 e. The second kappa shape index (κ2) is 11.0. The van der Waals surface area contributed by atoms with Crippen molar-refractivity contribution in [2.45, 2.75) is 39.3 Å². The number of piperidine rings is 1. The van der Waals surface area contributed by atoms with E-state index >= 15 is 0 Å². The molecule has 1 fully saturated rings. The number of hydrogen-bond acceptors (Lipinski definition) is 6. The Morgan fingerprint density at radius 1 is 1.25 bits per heavy atom. The van der Waals surface area contributed by atoms with Gasteiger partial charge in [0.1, 0.15) is 5.75 Å². The molecule has 1 N–H and O–H groups in total. The number of nitrogens with zero attached hydrogens (tertiary/aromatic N) is 2. The Morgan fingerprint density at radius 2 is 1.91 bits per heavy atom. The average molecular weight is 463 g/mol. The molecule has 0 saturated carbocycles. The van der Waals surface area contributed by atoms with E-state index < -0.39 is 6.04 Å². The molecule has 7 nitrogen and oxygen atoms in total. The van der Waals surface area contributed by atoms with Gasteiger partial charge in [-0.3, -0.25) is 14.5 Å². The molecule has 2 heterocycles. The molecule has 1 aromatic carbocycles. The number of aryl methyl sites for hydroxylation is 1. The van der Waals surface area contributed by atoms with Crippen LogP contribution in [0.2, 0.25) is 5.02 Å². The van der Waals surface area contributed by atoms with Gasteiger partial charge in [0.05, 0.1) is 30.7 Å². The van der Waals surface area contributed by atoms with Crippen LogP contribution in [0.15, 0.2) is 35.1 Å². The van der Waals surface area contributed by atoms with Gasteiger partial charge in [0.25, 0.3) is 5.56 Å². The van der Waals surface area contributed by atoms with Crippen LogP contribution < -0.4 is 5.56 Å². The van der Waals surface area contributed by atoms with Gasteiger partial charge >= 0.3 is 5.97 Å². The number of ether oxygens (including phenoxy) is 2. The number of likely N-dealkylation sites (tertiary alicyclic amines) is 1. The highest BCUT2D eigenvalue weighted by atomic mass is 35.5. The van der Waals surface area contributed by atoms with E-state index in [9.17, 15) is 14.7 Å². The Bertz CT molecular complexity index is 981. The Balaban J connectivity index is 2.01. The molecule has 3 rings (SSSR count). The number of rotatable bonds is 8. The fourth-order valence-corrected chi connectivity index (χ4v) is 4.47. The second-order valence-electron chi connectivity index (χ2n) is 8.05. The summed E-state index contributed by atoms with van der Waals surface area (Å²) >= 11 is 6.10. The zero-order valence-electron chi connectivity index (χ0n) is 18.8. The molecule has 1 aliphatic rings. The Hall–Kier alpha value is -2.35. The molecule has 0 bridgehead atoms. The number of halogens is 1. The molecule has 8 heteroatoms. The number of carbonyl (C=O) groups excluding carboxylic acids is 1. The van der Waals surface area contributed by atoms with Crippen molar-refractivity contribution in [1.29, 1.82) is 0 Å². The number of aromatic hydroxyl groups is 1. The fraction of sp³-hybridized carbons (Fsp3) is 0.500. The van der Waals surface area contributed by atoms with Crippen LogP contribution in [0.4, 0.5) is 0 Å². The predicted octanol–water partition coefficient (Wildman–Crippen LogP) is 3.53. The maximum Gasteiger partial charge on any atom is 0.309 e. The first kappa shape index (κ1) is 24.3. The summed E-state index contributed by atoms with van der Waals surface area (Å²) in [6, 6.07) is 8.48. The molecule has 0 aliphatic carbocycles. The van der Waals surface area contributed by atoms with Crippen LogP contribution >= 0.6 is 11.6 Å². The van der Waals surface area contributed by atoms with E-state index in [4.69, 9.17) is 21.1 Å². The lowest BCUT2D eigenvalue weighted by Crippen LogP contribution is -2.42. The van der Waals surface area contributed by atoms with Crippen molar-refractivity contribution in [3.05, 3.63) is 62.5 Å². The minimum absolute atomic E-state index is 0.0337. The first-order chi connectivity index (χ1) is 15.4. The molecular weight excluding hydrogens is 432 g/mol. The standard InChI is InChI=1S/C24H31ClN2O5/c1-4-32-24(30)18-9-11-26(12-10-18)22(17-5-7-19(25)8-6-17)21-20(28)15-16(2)27(23(21)29)13-14-31-3/h5-8,15,18,22,28H,4,9-14H2,1-3H3. The fourth-order valence-electron chi connectivity index (χ4n) is 4.34. The lowest BCUT2D eigenvalue weighted by atomic mass is 9.91. The van der Waals surface area contributed by atoms with Crippen LogP contribution in [0, 0.1) is 12.8 Å². The molecule has 1 atom stereocenters. The Morgan fingerprint density at radius 3 is 2.50 bits per heavy atom. The molecule has 1 aromatic heterocycles. The first-order valence-corrected chi connectivity index (χ1v) is 11.3. The summed E-state index contributed by atoms with van der Waals surface area (Å²) in [4.78, 5) is 27.8. The Kier molecular flexibility index (Phi) is 8.34. The molecule has 32 heavy (non-hydrogen) atoms. The third-order valence-electron chi connectivity index (χ3n) is 6.02. The Labute approximate surface area is 193 Å². The molecular formula is C24H31ClN2O5. The van der Waals surface area contributed by atoms with E-state index in [2.05, 4.69) is 4.90 Å². The molecule has 0 amide bonds. The summed E-state index contributed by atoms with van der Waals surface area (Å²) in [5.74, 6) is -0.356. The second-order valence-corrected chi connectivity index (χ2v) is 8.49. The quantitative estimate of drug-likeness (QED) is 0.604. The zero-order chi connectivity index (χ0) is 23.3. The topological polar surface area (TPSA) is 81.0 Å². The van der Waals surface area contributed by atoms with Crippen LogP contribution in [-0.4, -0.2) is 54.0 Å². The molecule has 0 radical (unpaired) electrons. The van der Waals surface area contributed by atoms with Crippen LogP contribution in [0.3, 0.4) is 0 Å². The lowest BCUT2D eigenvalue weighted by Gasteiger charge is -2.37. The smallest absolute Gasteiger partial charge is 0.309 e. The van der Waals surface area contributed by atoms with Gasteiger partial charge in [-0.1, -0.05) is 23.7 Å². The highest BCUT2D eigenvalue weighted by molar-refractivity contribution is 6.30. The highest BCUT2D eigenvalue weighted by Crippen LogP contribution is 2.36. The van der Waals surface area contributed by atoms with E-state index in [-0.39, 0.29) is 23.2 Å². The van der Waals surface area contributed by atoms with E-state index in [0.29, 0.717) is 62.0 Å². The summed E-state index contributed by atoms with van der Waals surface area (Å²) in [5.41, 5.74) is 1.61. The van der Waals surface area contributed by atoms with Gasteiger partial charge in [-0.2, -0.15) is 0 Å². The van der Waals surface area contributed by atoms with Crippen molar-refractivity contribution in [2.24, 2.45) is 5.92 Å². The number of aromatic nitrogens is 1. The first-order valence-electron chi connectivity index (χ1n) is 11.0. The van der Waals surface area contributed by atoms with Gasteiger partial charge in [-0.25, -0.2) is 0 Å².